The van der Waals surface area contributed by atoms with Crippen LogP contribution in [0.5, 0.6) is 0 Å². The van der Waals surface area contributed by atoms with Gasteiger partial charge in [0.05, 0.1) is 0 Å². The molecule has 0 spiro atoms. The van der Waals surface area contributed by atoms with Crippen LogP contribution in [0.4, 0.5) is 0 Å². The van der Waals surface area contributed by atoms with Crippen LogP contribution >= 0.6 is 0 Å². The van der Waals surface area contributed by atoms with Crippen molar-refractivity contribution in [2.45, 2.75) is 0 Å². The number of hydrogen-bond acceptors (Lipinski definition) is 1. The molecule has 2 aromatic carbocycles. The molecule has 18 heavy (non-hydrogen) atoms. The van der Waals surface area contributed by atoms with Gasteiger partial charge < -0.3 is 4.81 Å². The van der Waals surface area contributed by atoms with Crippen molar-refractivity contribution in [1.29, 1.82) is 0 Å². The van der Waals surface area contributed by atoms with Crippen molar-refractivity contribution in [2.75, 3.05) is 0 Å². The Balaban J connectivity index is 1.99. The lowest BCUT2D eigenvalue weighted by Crippen LogP contribution is -2.50. The number of nitrogens with zero attached hydrogens (tertiary/aromatic N) is 1. The van der Waals surface area contributed by atoms with Crippen LogP contribution in [0.15, 0.2) is 54.7 Å². The first-order valence-electron chi connectivity index (χ1n) is 6.25. The standard InChI is InChI=1S/C16H12BN/c1-2-7-15-12-18-10-9-13-5-3-4-8-16(13)17(18)11-14(15)6-1/h1-12H. The van der Waals surface area contributed by atoms with Gasteiger partial charge in [0.15, 0.2) is 0 Å². The lowest BCUT2D eigenvalue weighted by Gasteiger charge is -2.29. The summed E-state index contributed by atoms with van der Waals surface area (Å²) < 4.78 is 0. The third-order valence-corrected chi connectivity index (χ3v) is 3.68. The van der Waals surface area contributed by atoms with Gasteiger partial charge in [-0.3, -0.25) is 0 Å². The first-order valence-corrected chi connectivity index (χ1v) is 6.25. The highest BCUT2D eigenvalue weighted by Gasteiger charge is 2.26. The van der Waals surface area contributed by atoms with Crippen LogP contribution in [-0.2, 0) is 0 Å². The van der Waals surface area contributed by atoms with E-state index >= 15 is 0 Å². The van der Waals surface area contributed by atoms with Crippen molar-refractivity contribution >= 4 is 30.6 Å². The van der Waals surface area contributed by atoms with Crippen LogP contribution < -0.4 is 15.9 Å². The average molecular weight is 229 g/mol. The normalized spacial score (nSPS) is 15.1. The molecular weight excluding hydrogens is 217 g/mol. The van der Waals surface area contributed by atoms with Gasteiger partial charge in [-0.1, -0.05) is 54.5 Å². The van der Waals surface area contributed by atoms with E-state index < -0.39 is 0 Å². The fourth-order valence-corrected chi connectivity index (χ4v) is 2.76. The van der Waals surface area contributed by atoms with Gasteiger partial charge in [-0.25, -0.2) is 0 Å². The first-order chi connectivity index (χ1) is 8.92. The van der Waals surface area contributed by atoms with Crippen molar-refractivity contribution in [3.8, 4) is 0 Å². The molecule has 2 aliphatic heterocycles. The molecule has 2 heteroatoms. The van der Waals surface area contributed by atoms with Crippen LogP contribution in [0.25, 0.3) is 18.3 Å². The van der Waals surface area contributed by atoms with E-state index in [0.29, 0.717) is 6.85 Å². The molecule has 0 aliphatic carbocycles. The van der Waals surface area contributed by atoms with Crippen molar-refractivity contribution in [2.24, 2.45) is 0 Å². The molecule has 2 aliphatic rings. The van der Waals surface area contributed by atoms with E-state index in [4.69, 9.17) is 0 Å². The van der Waals surface area contributed by atoms with Gasteiger partial charge in [0, 0.05) is 0 Å². The van der Waals surface area contributed by atoms with Crippen LogP contribution in [0.1, 0.15) is 5.56 Å². The van der Waals surface area contributed by atoms with Gasteiger partial charge in [-0.05, 0) is 39.9 Å². The van der Waals surface area contributed by atoms with Gasteiger partial charge in [0.2, 0.25) is 0 Å². The van der Waals surface area contributed by atoms with Crippen molar-refractivity contribution in [3.63, 3.8) is 0 Å². The van der Waals surface area contributed by atoms with Gasteiger partial charge >= 0.3 is 6.85 Å². The molecule has 0 unspecified atom stereocenters. The summed E-state index contributed by atoms with van der Waals surface area (Å²) in [5.74, 6) is 2.34. The summed E-state index contributed by atoms with van der Waals surface area (Å²) in [5.41, 5.74) is 2.70. The smallest absolute Gasteiger partial charge is 0.320 e. The number of hydrogen-bond donors (Lipinski definition) is 0. The zero-order valence-corrected chi connectivity index (χ0v) is 9.95. The Hall–Kier alpha value is -2.22. The summed E-state index contributed by atoms with van der Waals surface area (Å²) >= 11 is 0. The SMILES string of the molecule is C1=CN2C=c3ccccc3=CB2c2ccccc21. The maximum atomic E-state index is 2.34. The van der Waals surface area contributed by atoms with Crippen molar-refractivity contribution in [3.05, 3.63) is 70.7 Å². The Labute approximate surface area is 106 Å². The molecule has 0 atom stereocenters. The molecule has 0 saturated heterocycles. The molecule has 0 radical (unpaired) electrons. The Morgan fingerprint density at radius 2 is 1.61 bits per heavy atom. The second-order valence-corrected chi connectivity index (χ2v) is 4.76. The minimum absolute atomic E-state index is 0.334. The average Bonchev–Trinajstić information content (AvgIpc) is 2.45. The largest absolute Gasteiger partial charge is 0.389 e. The summed E-state index contributed by atoms with van der Waals surface area (Å²) in [7, 11) is 0. The van der Waals surface area contributed by atoms with Crippen LogP contribution in [0.2, 0.25) is 0 Å². The Morgan fingerprint density at radius 3 is 2.56 bits per heavy atom. The monoisotopic (exact) mass is 229 g/mol. The quantitative estimate of drug-likeness (QED) is 0.608. The second kappa shape index (κ2) is 3.64. The Bertz CT molecular complexity index is 761. The molecule has 0 N–H and O–H groups in total. The Kier molecular flexibility index (Phi) is 1.98. The van der Waals surface area contributed by atoms with Crippen LogP contribution in [-0.4, -0.2) is 11.7 Å². The van der Waals surface area contributed by atoms with E-state index in [-0.39, 0.29) is 0 Å². The number of benzene rings is 2. The molecular formula is C16H12BN. The third kappa shape index (κ3) is 1.35. The molecule has 0 fully saturated rings. The predicted molar refractivity (Wildman–Crippen MR) is 77.3 cm³/mol. The molecule has 84 valence electrons. The van der Waals surface area contributed by atoms with Gasteiger partial charge in [-0.15, -0.1) is 0 Å². The summed E-state index contributed by atoms with van der Waals surface area (Å²) in [6, 6.07) is 17.1. The van der Waals surface area contributed by atoms with Crippen LogP contribution in [0.3, 0.4) is 0 Å². The third-order valence-electron chi connectivity index (χ3n) is 3.68. The number of rotatable bonds is 0. The molecule has 2 heterocycles. The molecule has 0 bridgehead atoms. The fraction of sp³-hybridized carbons (Fsp3) is 0. The minimum Gasteiger partial charge on any atom is -0.389 e. The lowest BCUT2D eigenvalue weighted by molar-refractivity contribution is 0.864. The van der Waals surface area contributed by atoms with E-state index in [1.807, 2.05) is 0 Å². The topological polar surface area (TPSA) is 3.24 Å². The summed E-state index contributed by atoms with van der Waals surface area (Å²) in [6.45, 7) is 0.334. The van der Waals surface area contributed by atoms with Gasteiger partial charge in [0.1, 0.15) is 0 Å². The van der Waals surface area contributed by atoms with Gasteiger partial charge in [0.25, 0.3) is 0 Å². The highest BCUT2D eigenvalue weighted by molar-refractivity contribution is 6.84. The molecule has 1 nitrogen and oxygen atoms in total. The molecule has 0 saturated carbocycles. The summed E-state index contributed by atoms with van der Waals surface area (Å²) in [4.78, 5) is 2.28. The predicted octanol–water partition coefficient (Wildman–Crippen LogP) is 0.943. The lowest BCUT2D eigenvalue weighted by atomic mass is 9.51. The number of fused-ring (bicyclic) bond motifs is 4. The fourth-order valence-electron chi connectivity index (χ4n) is 2.76. The molecule has 2 aromatic rings. The second-order valence-electron chi connectivity index (χ2n) is 4.76. The minimum atomic E-state index is 0.334. The Morgan fingerprint density at radius 1 is 0.833 bits per heavy atom. The highest BCUT2D eigenvalue weighted by atomic mass is 15.0. The van der Waals surface area contributed by atoms with E-state index in [2.05, 4.69) is 77.8 Å². The molecule has 4 rings (SSSR count). The van der Waals surface area contributed by atoms with E-state index in [0.717, 1.165) is 0 Å². The van der Waals surface area contributed by atoms with Crippen molar-refractivity contribution < 1.29 is 0 Å². The maximum Gasteiger partial charge on any atom is 0.320 e. The molecule has 0 amide bonds. The first kappa shape index (κ1) is 9.78. The summed E-state index contributed by atoms with van der Waals surface area (Å²) in [5, 5.41) is 2.61. The van der Waals surface area contributed by atoms with Crippen LogP contribution in [0, 0.1) is 0 Å². The van der Waals surface area contributed by atoms with E-state index in [1.165, 1.54) is 21.5 Å². The van der Waals surface area contributed by atoms with Gasteiger partial charge in [-0.2, -0.15) is 0 Å². The molecule has 0 aromatic heterocycles. The summed E-state index contributed by atoms with van der Waals surface area (Å²) in [6.07, 6.45) is 6.58. The zero-order valence-electron chi connectivity index (χ0n) is 9.95. The highest BCUT2D eigenvalue weighted by Crippen LogP contribution is 2.13. The zero-order chi connectivity index (χ0) is 11.9. The van der Waals surface area contributed by atoms with E-state index in [9.17, 15) is 0 Å². The maximum absolute atomic E-state index is 2.34. The van der Waals surface area contributed by atoms with Crippen molar-refractivity contribution in [1.82, 2.24) is 4.81 Å². The van der Waals surface area contributed by atoms with E-state index in [1.54, 1.807) is 0 Å².